The Hall–Kier alpha value is -1.98. The highest BCUT2D eigenvalue weighted by Crippen LogP contribution is 2.18. The minimum Gasteiger partial charge on any atom is -0.338 e. The van der Waals surface area contributed by atoms with Gasteiger partial charge in [0.2, 0.25) is 0 Å². The molecular formula is C20H23BrN3O+. The summed E-state index contributed by atoms with van der Waals surface area (Å²) in [6.07, 6.45) is 2.31. The van der Waals surface area contributed by atoms with Gasteiger partial charge in [-0.25, -0.2) is 4.98 Å². The number of rotatable bonds is 6. The summed E-state index contributed by atoms with van der Waals surface area (Å²) in [7, 11) is 0. The maximum atomic E-state index is 13.2. The van der Waals surface area contributed by atoms with Gasteiger partial charge in [0.15, 0.2) is 5.82 Å². The van der Waals surface area contributed by atoms with Gasteiger partial charge in [-0.1, -0.05) is 41.4 Å². The Bertz CT molecular complexity index is 918. The van der Waals surface area contributed by atoms with E-state index < -0.39 is 0 Å². The van der Waals surface area contributed by atoms with Gasteiger partial charge in [-0.2, -0.15) is 0 Å². The lowest BCUT2D eigenvalue weighted by molar-refractivity contribution is -0.694. The first-order valence-electron chi connectivity index (χ1n) is 8.72. The van der Waals surface area contributed by atoms with Crippen molar-refractivity contribution in [1.82, 2.24) is 9.55 Å². The lowest BCUT2D eigenvalue weighted by atomic mass is 10.2. The Morgan fingerprint density at radius 1 is 1.16 bits per heavy atom. The maximum Gasteiger partial charge on any atom is 0.266 e. The maximum absolute atomic E-state index is 13.2. The van der Waals surface area contributed by atoms with E-state index in [4.69, 9.17) is 4.98 Å². The summed E-state index contributed by atoms with van der Waals surface area (Å²) >= 11 is 3.46. The van der Waals surface area contributed by atoms with Gasteiger partial charge in [-0.15, -0.1) is 0 Å². The molecule has 3 aromatic rings. The van der Waals surface area contributed by atoms with E-state index in [0.29, 0.717) is 5.39 Å². The van der Waals surface area contributed by atoms with E-state index in [2.05, 4.69) is 35.1 Å². The van der Waals surface area contributed by atoms with E-state index in [9.17, 15) is 4.79 Å². The van der Waals surface area contributed by atoms with Crippen LogP contribution in [0, 0.1) is 0 Å². The van der Waals surface area contributed by atoms with Gasteiger partial charge in [0, 0.05) is 4.47 Å². The average molecular weight is 401 g/mol. The number of quaternary nitrogens is 1. The second-order valence-corrected chi connectivity index (χ2v) is 7.19. The molecule has 0 radical (unpaired) electrons. The molecule has 1 aromatic heterocycles. The third-order valence-electron chi connectivity index (χ3n) is 4.37. The monoisotopic (exact) mass is 400 g/mol. The Morgan fingerprint density at radius 2 is 1.88 bits per heavy atom. The fourth-order valence-corrected chi connectivity index (χ4v) is 3.24. The van der Waals surface area contributed by atoms with E-state index in [1.54, 1.807) is 4.57 Å². The Labute approximate surface area is 156 Å². The van der Waals surface area contributed by atoms with Crippen molar-refractivity contribution in [3.63, 3.8) is 0 Å². The third-order valence-corrected chi connectivity index (χ3v) is 4.90. The van der Waals surface area contributed by atoms with Gasteiger partial charge in [-0.3, -0.25) is 9.36 Å². The quantitative estimate of drug-likeness (QED) is 0.642. The molecule has 0 aliphatic heterocycles. The van der Waals surface area contributed by atoms with Crippen LogP contribution in [0.1, 0.15) is 38.6 Å². The highest BCUT2D eigenvalue weighted by atomic mass is 79.9. The Kier molecular flexibility index (Phi) is 5.66. The van der Waals surface area contributed by atoms with Crippen LogP contribution in [-0.2, 0) is 0 Å². The van der Waals surface area contributed by atoms with Crippen molar-refractivity contribution in [1.29, 1.82) is 0 Å². The van der Waals surface area contributed by atoms with E-state index in [-0.39, 0.29) is 11.6 Å². The zero-order valence-corrected chi connectivity index (χ0v) is 16.2. The summed E-state index contributed by atoms with van der Waals surface area (Å²) < 4.78 is 2.74. The van der Waals surface area contributed by atoms with Gasteiger partial charge in [0.25, 0.3) is 5.56 Å². The van der Waals surface area contributed by atoms with Crippen molar-refractivity contribution in [2.45, 2.75) is 32.7 Å². The van der Waals surface area contributed by atoms with E-state index in [1.807, 2.05) is 48.5 Å². The van der Waals surface area contributed by atoms with Crippen LogP contribution in [0.2, 0.25) is 0 Å². The fraction of sp³-hybridized carbons (Fsp3) is 0.300. The van der Waals surface area contributed by atoms with Crippen LogP contribution < -0.4 is 10.9 Å². The Morgan fingerprint density at radius 3 is 2.60 bits per heavy atom. The number of fused-ring (bicyclic) bond motifs is 1. The van der Waals surface area contributed by atoms with E-state index in [0.717, 1.165) is 40.9 Å². The highest BCUT2D eigenvalue weighted by molar-refractivity contribution is 9.10. The molecule has 2 N–H and O–H groups in total. The normalized spacial score (nSPS) is 12.4. The number of aromatic nitrogens is 2. The molecular weight excluding hydrogens is 378 g/mol. The number of unbranched alkanes of at least 4 members (excludes halogenated alkanes) is 1. The number of hydrogen-bond acceptors (Lipinski definition) is 2. The summed E-state index contributed by atoms with van der Waals surface area (Å²) in [5.41, 5.74) is 1.59. The molecule has 130 valence electrons. The summed E-state index contributed by atoms with van der Waals surface area (Å²) in [5.74, 6) is 0.794. The summed E-state index contributed by atoms with van der Waals surface area (Å²) in [6.45, 7) is 5.33. The van der Waals surface area contributed by atoms with Gasteiger partial charge in [-0.05, 0) is 49.7 Å². The van der Waals surface area contributed by atoms with Crippen molar-refractivity contribution in [2.75, 3.05) is 6.54 Å². The third kappa shape index (κ3) is 3.83. The minimum atomic E-state index is -0.0151. The molecule has 25 heavy (non-hydrogen) atoms. The lowest BCUT2D eigenvalue weighted by Crippen LogP contribution is -2.85. The molecule has 4 nitrogen and oxygen atoms in total. The molecule has 0 saturated carbocycles. The second-order valence-electron chi connectivity index (χ2n) is 6.27. The van der Waals surface area contributed by atoms with Crippen molar-refractivity contribution in [3.05, 3.63) is 69.2 Å². The first-order valence-corrected chi connectivity index (χ1v) is 9.52. The van der Waals surface area contributed by atoms with Gasteiger partial charge in [0.1, 0.15) is 6.04 Å². The number of para-hydroxylation sites is 1. The van der Waals surface area contributed by atoms with Gasteiger partial charge in [0.05, 0.1) is 23.1 Å². The fourth-order valence-electron chi connectivity index (χ4n) is 2.97. The zero-order valence-electron chi connectivity index (χ0n) is 14.6. The molecule has 0 bridgehead atoms. The molecule has 0 fully saturated rings. The van der Waals surface area contributed by atoms with E-state index >= 15 is 0 Å². The van der Waals surface area contributed by atoms with Crippen LogP contribution in [-0.4, -0.2) is 16.1 Å². The van der Waals surface area contributed by atoms with Crippen molar-refractivity contribution in [3.8, 4) is 5.69 Å². The average Bonchev–Trinajstić information content (AvgIpc) is 2.63. The smallest absolute Gasteiger partial charge is 0.266 e. The molecule has 2 aromatic carbocycles. The largest absolute Gasteiger partial charge is 0.338 e. The topological polar surface area (TPSA) is 51.5 Å². The number of benzene rings is 2. The molecule has 0 spiro atoms. The predicted octanol–water partition coefficient (Wildman–Crippen LogP) is 3.57. The second kappa shape index (κ2) is 7.93. The first-order chi connectivity index (χ1) is 12.1. The highest BCUT2D eigenvalue weighted by Gasteiger charge is 2.19. The number of nitrogens with zero attached hydrogens (tertiary/aromatic N) is 2. The molecule has 1 heterocycles. The van der Waals surface area contributed by atoms with Gasteiger partial charge >= 0.3 is 0 Å². The van der Waals surface area contributed by atoms with Crippen LogP contribution in [0.3, 0.4) is 0 Å². The molecule has 0 aliphatic carbocycles. The van der Waals surface area contributed by atoms with E-state index in [1.165, 1.54) is 0 Å². The van der Waals surface area contributed by atoms with Crippen molar-refractivity contribution >= 4 is 26.8 Å². The molecule has 0 saturated heterocycles. The predicted molar refractivity (Wildman–Crippen MR) is 105 cm³/mol. The van der Waals surface area contributed by atoms with Crippen LogP contribution in [0.25, 0.3) is 16.6 Å². The summed E-state index contributed by atoms with van der Waals surface area (Å²) in [4.78, 5) is 18.0. The number of halogens is 1. The minimum absolute atomic E-state index is 0.0151. The number of nitrogens with two attached hydrogens (primary N) is 1. The van der Waals surface area contributed by atoms with Gasteiger partial charge < -0.3 is 5.32 Å². The SMILES string of the molecule is CCCC[NH2+][C@@H](C)c1nc2ccccc2c(=O)n1-c1ccc(Br)cc1. The van der Waals surface area contributed by atoms with Crippen LogP contribution in [0.5, 0.6) is 0 Å². The molecule has 1 atom stereocenters. The first kappa shape index (κ1) is 17.8. The lowest BCUT2D eigenvalue weighted by Gasteiger charge is -2.17. The molecule has 0 aliphatic rings. The van der Waals surface area contributed by atoms with Crippen LogP contribution in [0.4, 0.5) is 0 Å². The molecule has 3 rings (SSSR count). The standard InChI is InChI=1S/C20H22BrN3O/c1-3-4-13-22-14(2)19-23-18-8-6-5-7-17(18)20(25)24(19)16-11-9-15(21)10-12-16/h5-12,14,22H,3-4,13H2,1-2H3/p+1/t14-/m0/s1. The summed E-state index contributed by atoms with van der Waals surface area (Å²) in [6, 6.07) is 15.5. The molecule has 5 heteroatoms. The zero-order chi connectivity index (χ0) is 17.8. The van der Waals surface area contributed by atoms with Crippen LogP contribution in [0.15, 0.2) is 57.8 Å². The Balaban J connectivity index is 2.17. The van der Waals surface area contributed by atoms with Crippen LogP contribution >= 0.6 is 15.9 Å². The van der Waals surface area contributed by atoms with Crippen molar-refractivity contribution < 1.29 is 5.32 Å². The summed E-state index contributed by atoms with van der Waals surface area (Å²) in [5, 5.41) is 2.91. The molecule has 0 amide bonds. The van der Waals surface area contributed by atoms with Crippen molar-refractivity contribution in [2.24, 2.45) is 0 Å². The number of hydrogen-bond donors (Lipinski definition) is 1. The molecule has 0 unspecified atom stereocenters.